The molecule has 0 fully saturated rings. The molecule has 4 heterocycles. The number of pyridine rings is 1. The monoisotopic (exact) mass is 612 g/mol. The van der Waals surface area contributed by atoms with Gasteiger partial charge in [-0.25, -0.2) is 9.78 Å². The summed E-state index contributed by atoms with van der Waals surface area (Å²) in [5, 5.41) is 32.0. The molecule has 45 heavy (non-hydrogen) atoms. The summed E-state index contributed by atoms with van der Waals surface area (Å²) >= 11 is 0. The van der Waals surface area contributed by atoms with E-state index in [0.717, 1.165) is 22.8 Å². The van der Waals surface area contributed by atoms with Gasteiger partial charge >= 0.3 is 5.97 Å². The normalized spacial score (nSPS) is 21.1. The van der Waals surface area contributed by atoms with Crippen LogP contribution in [-0.4, -0.2) is 38.0 Å². The molecule has 10 heteroatoms. The number of carbonyl (C=O) groups is 1. The number of phenolic OH excluding ortho intramolecular Hbond substituents is 2. The van der Waals surface area contributed by atoms with Gasteiger partial charge in [0.25, 0.3) is 0 Å². The number of aliphatic hydroxyl groups excluding tert-OH is 1. The number of hydrogen-bond donors (Lipinski definition) is 4. The predicted molar refractivity (Wildman–Crippen MR) is 167 cm³/mol. The summed E-state index contributed by atoms with van der Waals surface area (Å²) in [6.45, 7) is 4.76. The van der Waals surface area contributed by atoms with Crippen molar-refractivity contribution in [2.45, 2.75) is 77.1 Å². The molecule has 10 nitrogen and oxygen atoms in total. The number of nitrogens with zero attached hydrogens (tertiary/aromatic N) is 1. The lowest BCUT2D eigenvalue weighted by Gasteiger charge is -2.44. The maximum absolute atomic E-state index is 13.6. The van der Waals surface area contributed by atoms with E-state index in [1.54, 1.807) is 44.3 Å². The van der Waals surface area contributed by atoms with Crippen molar-refractivity contribution in [1.29, 1.82) is 0 Å². The summed E-state index contributed by atoms with van der Waals surface area (Å²) in [4.78, 5) is 31.0. The standard InChI is InChI=1S/C35H36N2O8/c1-4-18(2)34(42)44-27-16-25-30(41)29-26(40)15-21(17-38)43-32(29)28-24(14-19-7-5-8-20(39)13-19)22-10-12-37-33(36)23(22)9-6-11-35(27,3)45-31(25)28/h4-5,7-8,10,12-13,15,24,27,38-39,41H,6,9,11,14,16-17H2,1-3H3,(H2,36,37). The molecule has 3 unspecified atom stereocenters. The summed E-state index contributed by atoms with van der Waals surface area (Å²) in [6.07, 6.45) is 4.58. The number of anilines is 1. The second kappa shape index (κ2) is 11.6. The first-order valence-corrected chi connectivity index (χ1v) is 15.0. The van der Waals surface area contributed by atoms with E-state index in [1.165, 1.54) is 0 Å². The number of aromatic hydroxyl groups is 2. The molecule has 0 saturated carbocycles. The zero-order valence-electron chi connectivity index (χ0n) is 25.4. The molecule has 3 atom stereocenters. The summed E-state index contributed by atoms with van der Waals surface area (Å²) in [7, 11) is 0. The van der Waals surface area contributed by atoms with Gasteiger partial charge in [0, 0.05) is 41.3 Å². The third-order valence-corrected chi connectivity index (χ3v) is 9.15. The first-order valence-electron chi connectivity index (χ1n) is 15.0. The van der Waals surface area contributed by atoms with Crippen LogP contribution < -0.4 is 15.9 Å². The van der Waals surface area contributed by atoms with Gasteiger partial charge in [0.05, 0.1) is 0 Å². The molecule has 0 amide bonds. The van der Waals surface area contributed by atoms with Crippen molar-refractivity contribution < 1.29 is 34.0 Å². The van der Waals surface area contributed by atoms with Gasteiger partial charge in [-0.2, -0.15) is 0 Å². The van der Waals surface area contributed by atoms with Crippen LogP contribution in [0.2, 0.25) is 0 Å². The van der Waals surface area contributed by atoms with Crippen LogP contribution in [0.4, 0.5) is 5.82 Å². The zero-order valence-corrected chi connectivity index (χ0v) is 25.4. The molecule has 2 aliphatic heterocycles. The number of fused-ring (bicyclic) bond motifs is 4. The second-order valence-corrected chi connectivity index (χ2v) is 12.0. The van der Waals surface area contributed by atoms with E-state index in [-0.39, 0.29) is 34.6 Å². The number of aromatic nitrogens is 1. The van der Waals surface area contributed by atoms with Gasteiger partial charge in [-0.3, -0.25) is 4.79 Å². The molecule has 2 aromatic carbocycles. The lowest BCUT2D eigenvalue weighted by Crippen LogP contribution is -2.51. The Morgan fingerprint density at radius 1 is 1.22 bits per heavy atom. The number of ether oxygens (including phenoxy) is 2. The van der Waals surface area contributed by atoms with Crippen molar-refractivity contribution in [2.75, 3.05) is 5.73 Å². The SMILES string of the molecule is CC=C(C)C(=O)OC1Cc2c3c(c4oc(CO)cc(=O)c4c2O)C(Cc2cccc(O)c2)c2ccnc(N)c2CCCC1(C)O3. The third kappa shape index (κ3) is 5.29. The van der Waals surface area contributed by atoms with Crippen LogP contribution in [0.3, 0.4) is 0 Å². The molecule has 2 bridgehead atoms. The fourth-order valence-corrected chi connectivity index (χ4v) is 6.62. The van der Waals surface area contributed by atoms with Crippen LogP contribution in [0.25, 0.3) is 11.0 Å². The second-order valence-electron chi connectivity index (χ2n) is 12.0. The molecule has 2 aromatic heterocycles. The number of nitrogens with two attached hydrogens (primary N) is 1. The van der Waals surface area contributed by atoms with Gasteiger partial charge in [0.15, 0.2) is 5.43 Å². The Balaban J connectivity index is 1.70. The van der Waals surface area contributed by atoms with Gasteiger partial charge in [0.1, 0.15) is 58.1 Å². The van der Waals surface area contributed by atoms with E-state index in [9.17, 15) is 24.9 Å². The molecular weight excluding hydrogens is 576 g/mol. The highest BCUT2D eigenvalue weighted by Gasteiger charge is 2.47. The smallest absolute Gasteiger partial charge is 0.333 e. The fraction of sp³-hybridized carbons (Fsp3) is 0.343. The number of esters is 1. The Kier molecular flexibility index (Phi) is 7.78. The maximum Gasteiger partial charge on any atom is 0.333 e. The minimum absolute atomic E-state index is 0.0259. The Labute approximate surface area is 259 Å². The number of allylic oxidation sites excluding steroid dienone is 1. The summed E-state index contributed by atoms with van der Waals surface area (Å²) < 4.78 is 19.1. The fourth-order valence-electron chi connectivity index (χ4n) is 6.62. The first kappa shape index (κ1) is 30.2. The Bertz CT molecular complexity index is 1910. The van der Waals surface area contributed by atoms with E-state index >= 15 is 0 Å². The van der Waals surface area contributed by atoms with Crippen LogP contribution in [0.15, 0.2) is 63.5 Å². The highest BCUT2D eigenvalue weighted by Crippen LogP contribution is 2.52. The summed E-state index contributed by atoms with van der Waals surface area (Å²) in [5.74, 6) is -0.562. The minimum Gasteiger partial charge on any atom is -0.508 e. The van der Waals surface area contributed by atoms with Gasteiger partial charge in [-0.15, -0.1) is 0 Å². The van der Waals surface area contributed by atoms with Crippen molar-refractivity contribution in [3.05, 3.63) is 98.0 Å². The molecule has 0 aliphatic carbocycles. The van der Waals surface area contributed by atoms with E-state index in [1.807, 2.05) is 19.1 Å². The number of benzene rings is 2. The Hall–Kier alpha value is -4.83. The van der Waals surface area contributed by atoms with Crippen LogP contribution in [0.5, 0.6) is 17.2 Å². The van der Waals surface area contributed by atoms with Crippen molar-refractivity contribution in [2.24, 2.45) is 0 Å². The molecular formula is C35H36N2O8. The van der Waals surface area contributed by atoms with Crippen LogP contribution in [0.1, 0.15) is 73.1 Å². The number of rotatable bonds is 5. The average Bonchev–Trinajstić information content (AvgIpc) is 3.01. The van der Waals surface area contributed by atoms with Crippen LogP contribution in [-0.2, 0) is 35.4 Å². The lowest BCUT2D eigenvalue weighted by atomic mass is 9.76. The Morgan fingerprint density at radius 3 is 2.76 bits per heavy atom. The average molecular weight is 613 g/mol. The predicted octanol–water partition coefficient (Wildman–Crippen LogP) is 4.96. The molecule has 234 valence electrons. The van der Waals surface area contributed by atoms with E-state index < -0.39 is 35.6 Å². The van der Waals surface area contributed by atoms with Gasteiger partial charge < -0.3 is 34.9 Å². The summed E-state index contributed by atoms with van der Waals surface area (Å²) in [5.41, 5.74) is 8.72. The number of nitrogen functional groups attached to an aromatic ring is 1. The van der Waals surface area contributed by atoms with Crippen molar-refractivity contribution in [3.63, 3.8) is 0 Å². The number of carbonyl (C=O) groups excluding carboxylic acids is 1. The minimum atomic E-state index is -1.02. The molecule has 0 saturated heterocycles. The molecule has 2 aliphatic rings. The van der Waals surface area contributed by atoms with Crippen LogP contribution in [0, 0.1) is 0 Å². The quantitative estimate of drug-likeness (QED) is 0.179. The molecule has 0 spiro atoms. The molecule has 6 rings (SSSR count). The Morgan fingerprint density at radius 2 is 2.02 bits per heavy atom. The number of aliphatic hydroxyl groups is 1. The lowest BCUT2D eigenvalue weighted by molar-refractivity contribution is -0.159. The third-order valence-electron chi connectivity index (χ3n) is 9.15. The van der Waals surface area contributed by atoms with Crippen molar-refractivity contribution in [3.8, 4) is 17.2 Å². The molecule has 0 radical (unpaired) electrons. The van der Waals surface area contributed by atoms with E-state index in [4.69, 9.17) is 19.6 Å². The highest BCUT2D eigenvalue weighted by atomic mass is 16.6. The molecule has 5 N–H and O–H groups in total. The summed E-state index contributed by atoms with van der Waals surface area (Å²) in [6, 6.07) is 9.92. The van der Waals surface area contributed by atoms with Crippen molar-refractivity contribution in [1.82, 2.24) is 4.98 Å². The van der Waals surface area contributed by atoms with Crippen molar-refractivity contribution >= 4 is 22.8 Å². The van der Waals surface area contributed by atoms with Gasteiger partial charge in [-0.05, 0) is 81.3 Å². The maximum atomic E-state index is 13.6. The van der Waals surface area contributed by atoms with E-state index in [0.29, 0.717) is 54.0 Å². The number of hydrogen-bond acceptors (Lipinski definition) is 10. The number of phenols is 2. The van der Waals surface area contributed by atoms with Crippen LogP contribution >= 0.6 is 0 Å². The largest absolute Gasteiger partial charge is 0.508 e. The highest BCUT2D eigenvalue weighted by molar-refractivity contribution is 5.92. The first-order chi connectivity index (χ1) is 21.5. The van der Waals surface area contributed by atoms with Gasteiger partial charge in [0.2, 0.25) is 0 Å². The van der Waals surface area contributed by atoms with E-state index in [2.05, 4.69) is 4.98 Å². The molecule has 4 aromatic rings. The van der Waals surface area contributed by atoms with Gasteiger partial charge in [-0.1, -0.05) is 18.2 Å². The zero-order chi connectivity index (χ0) is 32.0. The topological polar surface area (TPSA) is 165 Å².